The van der Waals surface area contributed by atoms with Crippen molar-refractivity contribution in [2.75, 3.05) is 0 Å². The number of aryl methyl sites for hydroxylation is 3. The number of benzene rings is 2. The predicted molar refractivity (Wildman–Crippen MR) is 105 cm³/mol. The highest BCUT2D eigenvalue weighted by Gasteiger charge is 2.23. The van der Waals surface area contributed by atoms with Gasteiger partial charge in [-0.25, -0.2) is 8.42 Å². The Morgan fingerprint density at radius 2 is 1.69 bits per heavy atom. The Morgan fingerprint density at radius 1 is 1.00 bits per heavy atom. The van der Waals surface area contributed by atoms with Gasteiger partial charge in [0, 0.05) is 18.1 Å². The molecular weight excluding hydrogens is 346 g/mol. The van der Waals surface area contributed by atoms with Crippen molar-refractivity contribution in [3.63, 3.8) is 0 Å². The van der Waals surface area contributed by atoms with E-state index in [0.717, 1.165) is 29.5 Å². The quantitative estimate of drug-likeness (QED) is 0.680. The van der Waals surface area contributed by atoms with E-state index in [1.807, 2.05) is 43.5 Å². The molecule has 3 aromatic rings. The third-order valence-corrected chi connectivity index (χ3v) is 6.37. The molecule has 0 bridgehead atoms. The number of hydrogen-bond acceptors (Lipinski definition) is 3. The number of nitrogens with zero attached hydrogens (tertiary/aromatic N) is 1. The molecule has 0 saturated carbocycles. The van der Waals surface area contributed by atoms with Gasteiger partial charge in [-0.2, -0.15) is 0 Å². The van der Waals surface area contributed by atoms with E-state index in [2.05, 4.69) is 0 Å². The number of sulfone groups is 1. The van der Waals surface area contributed by atoms with Gasteiger partial charge in [0.25, 0.3) is 0 Å². The number of aromatic nitrogens is 1. The summed E-state index contributed by atoms with van der Waals surface area (Å²) in [5.41, 5.74) is 2.33. The van der Waals surface area contributed by atoms with E-state index < -0.39 is 15.3 Å². The molecule has 26 heavy (non-hydrogen) atoms. The maximum absolute atomic E-state index is 13.1. The van der Waals surface area contributed by atoms with Gasteiger partial charge in [0.2, 0.25) is 15.3 Å². The molecule has 1 heterocycles. The van der Waals surface area contributed by atoms with Crippen molar-refractivity contribution >= 4 is 20.7 Å². The summed E-state index contributed by atoms with van der Waals surface area (Å²) in [4.78, 5) is 13.0. The van der Waals surface area contributed by atoms with Crippen molar-refractivity contribution in [3.05, 3.63) is 70.0 Å². The minimum Gasteiger partial charge on any atom is -0.346 e. The second-order valence-electron chi connectivity index (χ2n) is 6.54. The van der Waals surface area contributed by atoms with Crippen LogP contribution in [0.15, 0.2) is 63.2 Å². The molecule has 0 N–H and O–H groups in total. The van der Waals surface area contributed by atoms with Crippen molar-refractivity contribution < 1.29 is 8.42 Å². The van der Waals surface area contributed by atoms with Crippen molar-refractivity contribution in [1.82, 2.24) is 4.57 Å². The summed E-state index contributed by atoms with van der Waals surface area (Å²) in [5, 5.41) is 0.464. The van der Waals surface area contributed by atoms with Crippen LogP contribution >= 0.6 is 0 Å². The fourth-order valence-electron chi connectivity index (χ4n) is 3.10. The van der Waals surface area contributed by atoms with Gasteiger partial charge in [0.1, 0.15) is 4.90 Å². The zero-order chi connectivity index (χ0) is 18.9. The fraction of sp³-hybridized carbons (Fsp3) is 0.286. The van der Waals surface area contributed by atoms with Crippen molar-refractivity contribution in [2.45, 2.75) is 49.9 Å². The zero-order valence-electron chi connectivity index (χ0n) is 15.3. The molecule has 4 nitrogen and oxygen atoms in total. The lowest BCUT2D eigenvalue weighted by Gasteiger charge is -2.14. The van der Waals surface area contributed by atoms with Gasteiger partial charge in [-0.1, -0.05) is 37.6 Å². The monoisotopic (exact) mass is 369 g/mol. The normalized spacial score (nSPS) is 11.8. The van der Waals surface area contributed by atoms with Crippen molar-refractivity contribution in [3.8, 4) is 0 Å². The van der Waals surface area contributed by atoms with E-state index >= 15 is 0 Å². The van der Waals surface area contributed by atoms with Crippen LogP contribution in [0.3, 0.4) is 0 Å². The SMILES string of the molecule is CCCn1cc(S(=O)(=O)c2ccc(C)cc2)c(=O)c2cc(CC)ccc21. The summed E-state index contributed by atoms with van der Waals surface area (Å²) < 4.78 is 28.1. The Balaban J connectivity index is 2.33. The van der Waals surface area contributed by atoms with Crippen LogP contribution in [0.25, 0.3) is 10.9 Å². The molecule has 136 valence electrons. The first-order valence-electron chi connectivity index (χ1n) is 8.86. The molecule has 0 fully saturated rings. The standard InChI is InChI=1S/C21H23NO3S/c1-4-12-22-14-20(26(24,25)17-9-6-15(3)7-10-17)21(23)18-13-16(5-2)8-11-19(18)22/h6-11,13-14H,4-5,12H2,1-3H3. The third kappa shape index (κ3) is 3.19. The molecule has 0 aliphatic carbocycles. The highest BCUT2D eigenvalue weighted by atomic mass is 32.2. The largest absolute Gasteiger partial charge is 0.346 e. The van der Waals surface area contributed by atoms with Gasteiger partial charge >= 0.3 is 0 Å². The van der Waals surface area contributed by atoms with Gasteiger partial charge in [-0.15, -0.1) is 0 Å². The number of fused-ring (bicyclic) bond motifs is 1. The first kappa shape index (κ1) is 18.4. The predicted octanol–water partition coefficient (Wildman–Crippen LogP) is 4.12. The molecule has 2 aromatic carbocycles. The van der Waals surface area contributed by atoms with E-state index in [-0.39, 0.29) is 9.79 Å². The molecule has 0 radical (unpaired) electrons. The molecule has 1 aromatic heterocycles. The van der Waals surface area contributed by atoms with Gasteiger partial charge in [-0.05, 0) is 49.6 Å². The lowest BCUT2D eigenvalue weighted by molar-refractivity contribution is 0.592. The first-order chi connectivity index (χ1) is 12.4. The minimum atomic E-state index is -3.87. The van der Waals surface area contributed by atoms with E-state index in [1.54, 1.807) is 24.3 Å². The van der Waals surface area contributed by atoms with Crippen LogP contribution in [-0.2, 0) is 22.8 Å². The lowest BCUT2D eigenvalue weighted by atomic mass is 10.1. The molecule has 0 atom stereocenters. The molecule has 5 heteroatoms. The fourth-order valence-corrected chi connectivity index (χ4v) is 4.47. The summed E-state index contributed by atoms with van der Waals surface area (Å²) in [6, 6.07) is 12.3. The van der Waals surface area contributed by atoms with Crippen LogP contribution in [0.4, 0.5) is 0 Å². The number of rotatable bonds is 5. The van der Waals surface area contributed by atoms with Crippen molar-refractivity contribution in [2.24, 2.45) is 0 Å². The van der Waals surface area contributed by atoms with Crippen LogP contribution in [0.5, 0.6) is 0 Å². The Labute approximate surface area is 154 Å². The van der Waals surface area contributed by atoms with Crippen molar-refractivity contribution in [1.29, 1.82) is 0 Å². The highest BCUT2D eigenvalue weighted by Crippen LogP contribution is 2.22. The zero-order valence-corrected chi connectivity index (χ0v) is 16.1. The van der Waals surface area contributed by atoms with Crippen LogP contribution in [-0.4, -0.2) is 13.0 Å². The Kier molecular flexibility index (Phi) is 5.01. The average Bonchev–Trinajstić information content (AvgIpc) is 2.64. The molecule has 0 aliphatic rings. The molecule has 0 spiro atoms. The Hall–Kier alpha value is -2.40. The maximum Gasteiger partial charge on any atom is 0.211 e. The van der Waals surface area contributed by atoms with Gasteiger partial charge in [0.05, 0.1) is 10.4 Å². The minimum absolute atomic E-state index is 0.147. The van der Waals surface area contributed by atoms with E-state index in [4.69, 9.17) is 0 Å². The molecule has 3 rings (SSSR count). The summed E-state index contributed by atoms with van der Waals surface area (Å²) in [6.07, 6.45) is 3.13. The van der Waals surface area contributed by atoms with Gasteiger partial charge in [0.15, 0.2) is 0 Å². The lowest BCUT2D eigenvalue weighted by Crippen LogP contribution is -2.19. The molecule has 0 saturated heterocycles. The van der Waals surface area contributed by atoms with Crippen LogP contribution in [0.1, 0.15) is 31.4 Å². The number of hydrogen-bond donors (Lipinski definition) is 0. The summed E-state index contributed by atoms with van der Waals surface area (Å²) in [6.45, 7) is 6.59. The van der Waals surface area contributed by atoms with E-state index in [9.17, 15) is 13.2 Å². The van der Waals surface area contributed by atoms with Crippen LogP contribution in [0, 0.1) is 6.92 Å². The smallest absolute Gasteiger partial charge is 0.211 e. The second kappa shape index (κ2) is 7.08. The van der Waals surface area contributed by atoms with E-state index in [1.165, 1.54) is 6.20 Å². The third-order valence-electron chi connectivity index (χ3n) is 4.61. The summed E-state index contributed by atoms with van der Waals surface area (Å²) in [5.74, 6) is 0. The first-order valence-corrected chi connectivity index (χ1v) is 10.3. The molecular formula is C21H23NO3S. The van der Waals surface area contributed by atoms with Crippen LogP contribution < -0.4 is 5.43 Å². The molecule has 0 amide bonds. The number of pyridine rings is 1. The highest BCUT2D eigenvalue weighted by molar-refractivity contribution is 7.91. The molecule has 0 unspecified atom stereocenters. The van der Waals surface area contributed by atoms with Gasteiger partial charge in [-0.3, -0.25) is 4.79 Å². The maximum atomic E-state index is 13.1. The van der Waals surface area contributed by atoms with Crippen LogP contribution in [0.2, 0.25) is 0 Å². The molecule has 0 aliphatic heterocycles. The summed E-state index contributed by atoms with van der Waals surface area (Å²) >= 11 is 0. The topological polar surface area (TPSA) is 56.1 Å². The van der Waals surface area contributed by atoms with E-state index in [0.29, 0.717) is 11.9 Å². The average molecular weight is 369 g/mol. The van der Waals surface area contributed by atoms with Gasteiger partial charge < -0.3 is 4.57 Å². The summed E-state index contributed by atoms with van der Waals surface area (Å²) in [7, 11) is -3.87. The Bertz CT molecular complexity index is 1110. The second-order valence-corrected chi connectivity index (χ2v) is 8.46. The Morgan fingerprint density at radius 3 is 2.31 bits per heavy atom.